The van der Waals surface area contributed by atoms with Crippen LogP contribution in [-0.4, -0.2) is 39.9 Å². The van der Waals surface area contributed by atoms with Crippen molar-refractivity contribution in [1.82, 2.24) is 33.4 Å². The Bertz CT molecular complexity index is 1080. The van der Waals surface area contributed by atoms with Gasteiger partial charge in [-0.3, -0.25) is 4.90 Å². The van der Waals surface area contributed by atoms with Crippen LogP contribution in [0.15, 0.2) is 43.5 Å². The Morgan fingerprint density at radius 3 is 3.12 bits per heavy atom. The highest BCUT2D eigenvalue weighted by atomic mass is 32.1. The first kappa shape index (κ1) is 15.4. The summed E-state index contributed by atoms with van der Waals surface area (Å²) in [7, 11) is 0. The largest absolute Gasteiger partial charge is 0.348 e. The molecule has 26 heavy (non-hydrogen) atoms. The van der Waals surface area contributed by atoms with E-state index < -0.39 is 0 Å². The number of hydrogen-bond acceptors (Lipinski definition) is 6. The van der Waals surface area contributed by atoms with Crippen LogP contribution in [0.5, 0.6) is 0 Å². The van der Waals surface area contributed by atoms with Gasteiger partial charge in [-0.25, -0.2) is 9.67 Å². The number of aromatic amines is 1. The molecule has 4 aromatic rings. The molecule has 0 unspecified atom stereocenters. The summed E-state index contributed by atoms with van der Waals surface area (Å²) in [5.41, 5.74) is 6.53. The second-order valence-electron chi connectivity index (χ2n) is 6.41. The van der Waals surface area contributed by atoms with Crippen LogP contribution in [0.2, 0.25) is 0 Å². The van der Waals surface area contributed by atoms with Gasteiger partial charge in [0.2, 0.25) is 0 Å². The van der Waals surface area contributed by atoms with E-state index in [0.29, 0.717) is 0 Å². The molecule has 8 heteroatoms. The van der Waals surface area contributed by atoms with Crippen molar-refractivity contribution < 1.29 is 0 Å². The molecule has 7 nitrogen and oxygen atoms in total. The summed E-state index contributed by atoms with van der Waals surface area (Å²) < 4.78 is 10.5. The monoisotopic (exact) mass is 363 g/mol. The fourth-order valence-electron chi connectivity index (χ4n) is 3.63. The van der Waals surface area contributed by atoms with Gasteiger partial charge in [-0.2, -0.15) is 13.8 Å². The second-order valence-corrected chi connectivity index (χ2v) is 6.94. The van der Waals surface area contributed by atoms with E-state index in [9.17, 15) is 0 Å². The molecular weight excluding hydrogens is 346 g/mol. The highest BCUT2D eigenvalue weighted by Gasteiger charge is 2.31. The minimum atomic E-state index is 0.0863. The van der Waals surface area contributed by atoms with Crippen molar-refractivity contribution in [1.29, 1.82) is 0 Å². The van der Waals surface area contributed by atoms with E-state index in [1.54, 1.807) is 17.2 Å². The first-order chi connectivity index (χ1) is 12.8. The van der Waals surface area contributed by atoms with Crippen molar-refractivity contribution in [2.24, 2.45) is 0 Å². The van der Waals surface area contributed by atoms with Crippen LogP contribution in [0.3, 0.4) is 0 Å². The van der Waals surface area contributed by atoms with Crippen LogP contribution in [0.4, 0.5) is 0 Å². The Hall–Kier alpha value is -2.84. The summed E-state index contributed by atoms with van der Waals surface area (Å²) in [6.07, 6.45) is 8.36. The molecule has 1 N–H and O–H groups in total. The maximum absolute atomic E-state index is 4.63. The van der Waals surface area contributed by atoms with Crippen LogP contribution in [0.1, 0.15) is 28.6 Å². The third-order valence-corrected chi connectivity index (χ3v) is 5.40. The minimum Gasteiger partial charge on any atom is -0.348 e. The van der Waals surface area contributed by atoms with Crippen LogP contribution in [0.25, 0.3) is 17.2 Å². The predicted molar refractivity (Wildman–Crippen MR) is 101 cm³/mol. The van der Waals surface area contributed by atoms with E-state index in [-0.39, 0.29) is 6.04 Å². The number of imidazole rings is 1. The van der Waals surface area contributed by atoms with Gasteiger partial charge in [-0.1, -0.05) is 12.6 Å². The lowest BCUT2D eigenvalue weighted by Crippen LogP contribution is -2.35. The zero-order chi connectivity index (χ0) is 17.5. The summed E-state index contributed by atoms with van der Waals surface area (Å²) in [5, 5.41) is 4.30. The highest BCUT2D eigenvalue weighted by molar-refractivity contribution is 7.00. The fourth-order valence-corrected chi connectivity index (χ4v) is 4.14. The molecule has 0 fully saturated rings. The Kier molecular flexibility index (Phi) is 3.65. The van der Waals surface area contributed by atoms with E-state index in [2.05, 4.69) is 47.4 Å². The Morgan fingerprint density at radius 1 is 1.31 bits per heavy atom. The van der Waals surface area contributed by atoms with E-state index in [1.165, 1.54) is 23.0 Å². The molecule has 0 spiro atoms. The van der Waals surface area contributed by atoms with Crippen LogP contribution in [0, 0.1) is 0 Å². The highest BCUT2D eigenvalue weighted by Crippen LogP contribution is 2.35. The van der Waals surface area contributed by atoms with Gasteiger partial charge in [0, 0.05) is 43.2 Å². The van der Waals surface area contributed by atoms with Crippen molar-refractivity contribution in [2.45, 2.75) is 19.0 Å². The maximum Gasteiger partial charge on any atom is 0.105 e. The van der Waals surface area contributed by atoms with Gasteiger partial charge in [0.1, 0.15) is 11.0 Å². The summed E-state index contributed by atoms with van der Waals surface area (Å²) in [5.74, 6) is 0. The topological polar surface area (TPSA) is 75.5 Å². The second kappa shape index (κ2) is 6.15. The molecule has 1 aromatic carbocycles. The number of aromatic nitrogens is 6. The molecule has 0 saturated carbocycles. The van der Waals surface area contributed by atoms with Gasteiger partial charge >= 0.3 is 0 Å². The van der Waals surface area contributed by atoms with Crippen molar-refractivity contribution >= 4 is 29.0 Å². The molecule has 0 saturated heterocycles. The normalized spacial score (nSPS) is 17.5. The first-order valence-corrected chi connectivity index (χ1v) is 9.19. The molecule has 3 aromatic heterocycles. The molecule has 1 aliphatic rings. The standard InChI is InChI=1S/C18H17N7S/c1-2-25-10-12(8-21-25)9-24-6-5-15-17(20-11-19-15)18(24)13-3-4-14-16(7-13)23-26-22-14/h2-4,7-8,10-11,18H,1,5-6,9H2,(H,19,20)/t18-/m0/s1. The summed E-state index contributed by atoms with van der Waals surface area (Å²) in [6.45, 7) is 5.52. The third-order valence-electron chi connectivity index (χ3n) is 4.85. The molecule has 0 radical (unpaired) electrons. The summed E-state index contributed by atoms with van der Waals surface area (Å²) in [4.78, 5) is 10.4. The van der Waals surface area contributed by atoms with Gasteiger partial charge in [0.05, 0.1) is 36.0 Å². The number of nitrogens with one attached hydrogen (secondary N) is 1. The lowest BCUT2D eigenvalue weighted by Gasteiger charge is -2.35. The molecule has 4 heterocycles. The smallest absolute Gasteiger partial charge is 0.105 e. The first-order valence-electron chi connectivity index (χ1n) is 8.46. The lowest BCUT2D eigenvalue weighted by atomic mass is 9.95. The van der Waals surface area contributed by atoms with Crippen LogP contribution in [-0.2, 0) is 13.0 Å². The number of fused-ring (bicyclic) bond motifs is 2. The van der Waals surface area contributed by atoms with Gasteiger partial charge in [-0.15, -0.1) is 0 Å². The summed E-state index contributed by atoms with van der Waals surface area (Å²) in [6, 6.07) is 6.40. The van der Waals surface area contributed by atoms with Crippen molar-refractivity contribution in [3.8, 4) is 0 Å². The number of nitrogens with zero attached hydrogens (tertiary/aromatic N) is 6. The Balaban J connectivity index is 1.55. The van der Waals surface area contributed by atoms with Gasteiger partial charge in [0.15, 0.2) is 0 Å². The lowest BCUT2D eigenvalue weighted by molar-refractivity contribution is 0.200. The van der Waals surface area contributed by atoms with Crippen molar-refractivity contribution in [3.05, 3.63) is 66.0 Å². The SMILES string of the molecule is C=Cn1cc(CN2CCc3[nH]cnc3[C@@H]2c2ccc3nsnc3c2)cn1. The average Bonchev–Trinajstić information content (AvgIpc) is 3.41. The van der Waals surface area contributed by atoms with Crippen molar-refractivity contribution in [2.75, 3.05) is 6.54 Å². The van der Waals surface area contributed by atoms with Gasteiger partial charge in [0.25, 0.3) is 0 Å². The molecule has 1 aliphatic heterocycles. The Labute approximate surface area is 154 Å². The zero-order valence-corrected chi connectivity index (χ0v) is 14.9. The maximum atomic E-state index is 4.63. The van der Waals surface area contributed by atoms with Gasteiger partial charge < -0.3 is 4.98 Å². The molecule has 0 bridgehead atoms. The summed E-state index contributed by atoms with van der Waals surface area (Å²) >= 11 is 1.25. The molecule has 0 amide bonds. The van der Waals surface area contributed by atoms with Gasteiger partial charge in [-0.05, 0) is 17.7 Å². The fraction of sp³-hybridized carbons (Fsp3) is 0.222. The van der Waals surface area contributed by atoms with E-state index >= 15 is 0 Å². The molecule has 0 aliphatic carbocycles. The van der Waals surface area contributed by atoms with Crippen LogP contribution < -0.4 is 0 Å². The predicted octanol–water partition coefficient (Wildman–Crippen LogP) is 2.86. The Morgan fingerprint density at radius 2 is 2.23 bits per heavy atom. The molecular formula is C18H17N7S. The zero-order valence-electron chi connectivity index (χ0n) is 14.0. The number of rotatable bonds is 4. The number of benzene rings is 1. The number of H-pyrrole nitrogens is 1. The van der Waals surface area contributed by atoms with E-state index in [1.807, 2.05) is 18.5 Å². The quantitative estimate of drug-likeness (QED) is 0.603. The van der Waals surface area contributed by atoms with E-state index in [4.69, 9.17) is 0 Å². The van der Waals surface area contributed by atoms with Crippen LogP contribution >= 0.6 is 11.7 Å². The average molecular weight is 363 g/mol. The number of hydrogen-bond donors (Lipinski definition) is 1. The minimum absolute atomic E-state index is 0.0863. The molecule has 130 valence electrons. The van der Waals surface area contributed by atoms with Crippen molar-refractivity contribution in [3.63, 3.8) is 0 Å². The van der Waals surface area contributed by atoms with E-state index in [0.717, 1.165) is 41.8 Å². The molecule has 1 atom stereocenters. The third kappa shape index (κ3) is 2.54. The molecule has 5 rings (SSSR count).